The van der Waals surface area contributed by atoms with Crippen LogP contribution in [0.2, 0.25) is 5.02 Å². The van der Waals surface area contributed by atoms with Crippen LogP contribution in [0.25, 0.3) is 0 Å². The molecule has 1 heterocycles. The van der Waals surface area contributed by atoms with E-state index in [4.69, 9.17) is 27.3 Å². The van der Waals surface area contributed by atoms with Crippen molar-refractivity contribution >= 4 is 23.3 Å². The Kier molecular flexibility index (Phi) is 5.03. The van der Waals surface area contributed by atoms with Crippen molar-refractivity contribution in [1.29, 1.82) is 0 Å². The number of ether oxygens (including phenoxy) is 1. The summed E-state index contributed by atoms with van der Waals surface area (Å²) in [4.78, 5) is 12.5. The number of nitrogens with zero attached hydrogens (tertiary/aromatic N) is 1. The third kappa shape index (κ3) is 3.46. The lowest BCUT2D eigenvalue weighted by atomic mass is 9.78. The maximum Gasteiger partial charge on any atom is 0.234 e. The number of nitrogens with two attached hydrogens (primary N) is 1. The highest BCUT2D eigenvalue weighted by Gasteiger charge is 2.44. The van der Waals surface area contributed by atoms with Gasteiger partial charge in [-0.15, -0.1) is 0 Å². The molecule has 0 radical (unpaired) electrons. The molecule has 114 valence electrons. The van der Waals surface area contributed by atoms with Gasteiger partial charge in [-0.25, -0.2) is 0 Å². The fourth-order valence-electron chi connectivity index (χ4n) is 2.37. The van der Waals surface area contributed by atoms with Crippen molar-refractivity contribution < 1.29 is 14.7 Å². The molecule has 0 aromatic heterocycles. The van der Waals surface area contributed by atoms with Crippen LogP contribution in [-0.4, -0.2) is 30.2 Å². The van der Waals surface area contributed by atoms with Gasteiger partial charge in [0.15, 0.2) is 5.84 Å². The summed E-state index contributed by atoms with van der Waals surface area (Å²) in [5, 5.41) is 15.5. The van der Waals surface area contributed by atoms with Gasteiger partial charge in [0.25, 0.3) is 0 Å². The Balaban J connectivity index is 2.07. The van der Waals surface area contributed by atoms with Gasteiger partial charge in [0.05, 0.1) is 0 Å². The molecule has 1 amide bonds. The molecule has 2 rings (SSSR count). The van der Waals surface area contributed by atoms with E-state index >= 15 is 0 Å². The second-order valence-corrected chi connectivity index (χ2v) is 5.43. The van der Waals surface area contributed by atoms with Crippen LogP contribution in [0.1, 0.15) is 18.4 Å². The van der Waals surface area contributed by atoms with E-state index in [9.17, 15) is 4.79 Å². The zero-order chi connectivity index (χ0) is 15.3. The van der Waals surface area contributed by atoms with E-state index in [1.165, 1.54) is 0 Å². The molecule has 1 fully saturated rings. The Morgan fingerprint density at radius 1 is 1.38 bits per heavy atom. The third-order valence-electron chi connectivity index (χ3n) is 3.75. The smallest absolute Gasteiger partial charge is 0.234 e. The van der Waals surface area contributed by atoms with Gasteiger partial charge in [0.2, 0.25) is 5.91 Å². The Hall–Kier alpha value is -1.79. The van der Waals surface area contributed by atoms with Crippen LogP contribution < -0.4 is 11.1 Å². The van der Waals surface area contributed by atoms with E-state index < -0.39 is 5.41 Å². The fraction of sp³-hybridized carbons (Fsp3) is 0.429. The first-order valence-corrected chi connectivity index (χ1v) is 7.05. The lowest BCUT2D eigenvalue weighted by molar-refractivity contribution is -0.131. The Morgan fingerprint density at radius 3 is 2.57 bits per heavy atom. The second-order valence-electron chi connectivity index (χ2n) is 4.99. The van der Waals surface area contributed by atoms with Crippen molar-refractivity contribution in [3.63, 3.8) is 0 Å². The maximum absolute atomic E-state index is 12.5. The summed E-state index contributed by atoms with van der Waals surface area (Å²) in [7, 11) is 0. The van der Waals surface area contributed by atoms with Crippen molar-refractivity contribution in [2.45, 2.75) is 19.4 Å². The number of carbonyl (C=O) groups excluding carboxylic acids is 1. The standard InChI is InChI=1S/C14H18ClN3O3/c15-11-3-1-10(2-4-11)9-17-13(19)14(12(16)18-20)5-7-21-8-6-14/h1-4,20H,5-9H2,(H2,16,18)(H,17,19). The minimum atomic E-state index is -1.00. The van der Waals surface area contributed by atoms with Gasteiger partial charge in [-0.3, -0.25) is 4.79 Å². The van der Waals surface area contributed by atoms with Crippen LogP contribution in [0, 0.1) is 5.41 Å². The van der Waals surface area contributed by atoms with Crippen LogP contribution in [-0.2, 0) is 16.1 Å². The number of halogens is 1. The number of hydrogen-bond donors (Lipinski definition) is 3. The molecular weight excluding hydrogens is 294 g/mol. The molecule has 6 nitrogen and oxygen atoms in total. The normalized spacial score (nSPS) is 18.2. The summed E-state index contributed by atoms with van der Waals surface area (Å²) in [6, 6.07) is 7.19. The molecule has 0 aliphatic carbocycles. The van der Waals surface area contributed by atoms with E-state index in [1.54, 1.807) is 12.1 Å². The largest absolute Gasteiger partial charge is 0.409 e. The molecule has 0 atom stereocenters. The van der Waals surface area contributed by atoms with E-state index in [-0.39, 0.29) is 11.7 Å². The molecule has 4 N–H and O–H groups in total. The monoisotopic (exact) mass is 311 g/mol. The summed E-state index contributed by atoms with van der Waals surface area (Å²) < 4.78 is 5.26. The molecule has 21 heavy (non-hydrogen) atoms. The minimum Gasteiger partial charge on any atom is -0.409 e. The summed E-state index contributed by atoms with van der Waals surface area (Å²) in [6.45, 7) is 1.17. The molecule has 0 saturated carbocycles. The van der Waals surface area contributed by atoms with Crippen LogP contribution in [0.4, 0.5) is 0 Å². The lowest BCUT2D eigenvalue weighted by Gasteiger charge is -2.34. The van der Waals surface area contributed by atoms with Gasteiger partial charge >= 0.3 is 0 Å². The molecule has 0 unspecified atom stereocenters. The molecule has 1 aliphatic rings. The van der Waals surface area contributed by atoms with Crippen LogP contribution >= 0.6 is 11.6 Å². The molecule has 0 bridgehead atoms. The minimum absolute atomic E-state index is 0.0700. The van der Waals surface area contributed by atoms with Gasteiger partial charge in [0, 0.05) is 24.8 Å². The number of rotatable bonds is 4. The average molecular weight is 312 g/mol. The van der Waals surface area contributed by atoms with E-state index in [2.05, 4.69) is 10.5 Å². The van der Waals surface area contributed by atoms with Gasteiger partial charge in [-0.2, -0.15) is 0 Å². The second kappa shape index (κ2) is 6.78. The van der Waals surface area contributed by atoms with Gasteiger partial charge < -0.3 is 21.0 Å². The summed E-state index contributed by atoms with van der Waals surface area (Å²) in [5.74, 6) is -0.324. The molecule has 1 aromatic rings. The number of hydrogen-bond acceptors (Lipinski definition) is 4. The average Bonchev–Trinajstić information content (AvgIpc) is 2.53. The first-order chi connectivity index (χ1) is 10.1. The molecule has 1 saturated heterocycles. The van der Waals surface area contributed by atoms with Gasteiger partial charge in [-0.1, -0.05) is 28.9 Å². The number of amides is 1. The van der Waals surface area contributed by atoms with Crippen molar-refractivity contribution in [2.75, 3.05) is 13.2 Å². The predicted molar refractivity (Wildman–Crippen MR) is 79.2 cm³/mol. The molecule has 0 spiro atoms. The SMILES string of the molecule is NC(=NO)C1(C(=O)NCc2ccc(Cl)cc2)CCOCC1. The molecule has 7 heteroatoms. The lowest BCUT2D eigenvalue weighted by Crippen LogP contribution is -2.52. The Bertz CT molecular complexity index is 525. The number of nitrogens with one attached hydrogen (secondary N) is 1. The number of amidine groups is 1. The first kappa shape index (κ1) is 15.6. The Labute approximate surface area is 127 Å². The highest BCUT2D eigenvalue weighted by molar-refractivity contribution is 6.30. The van der Waals surface area contributed by atoms with E-state index in [0.29, 0.717) is 37.6 Å². The van der Waals surface area contributed by atoms with E-state index in [0.717, 1.165) is 5.56 Å². The van der Waals surface area contributed by atoms with E-state index in [1.807, 2.05) is 12.1 Å². The maximum atomic E-state index is 12.5. The van der Waals surface area contributed by atoms with Gasteiger partial charge in [0.1, 0.15) is 5.41 Å². The number of benzene rings is 1. The zero-order valence-electron chi connectivity index (χ0n) is 11.5. The molecule has 1 aromatic carbocycles. The summed E-state index contributed by atoms with van der Waals surface area (Å²) in [5.41, 5.74) is 5.66. The summed E-state index contributed by atoms with van der Waals surface area (Å²) >= 11 is 5.82. The highest BCUT2D eigenvalue weighted by Crippen LogP contribution is 2.31. The number of carbonyl (C=O) groups is 1. The predicted octanol–water partition coefficient (Wildman–Crippen LogP) is 1.50. The van der Waals surface area contributed by atoms with Crippen molar-refractivity contribution in [3.05, 3.63) is 34.9 Å². The Morgan fingerprint density at radius 2 is 2.00 bits per heavy atom. The fourth-order valence-corrected chi connectivity index (χ4v) is 2.49. The molecule has 1 aliphatic heterocycles. The third-order valence-corrected chi connectivity index (χ3v) is 4.00. The highest BCUT2D eigenvalue weighted by atomic mass is 35.5. The van der Waals surface area contributed by atoms with Crippen molar-refractivity contribution in [3.8, 4) is 0 Å². The van der Waals surface area contributed by atoms with Crippen molar-refractivity contribution in [2.24, 2.45) is 16.3 Å². The van der Waals surface area contributed by atoms with Crippen molar-refractivity contribution in [1.82, 2.24) is 5.32 Å². The topological polar surface area (TPSA) is 96.9 Å². The summed E-state index contributed by atoms with van der Waals surface area (Å²) in [6.07, 6.45) is 0.796. The quantitative estimate of drug-likeness (QED) is 0.340. The number of oxime groups is 1. The van der Waals surface area contributed by atoms with Crippen LogP contribution in [0.5, 0.6) is 0 Å². The van der Waals surface area contributed by atoms with Gasteiger partial charge in [-0.05, 0) is 30.5 Å². The first-order valence-electron chi connectivity index (χ1n) is 6.67. The molecular formula is C14H18ClN3O3. The van der Waals surface area contributed by atoms with Crippen LogP contribution in [0.15, 0.2) is 29.4 Å². The van der Waals surface area contributed by atoms with Crippen LogP contribution in [0.3, 0.4) is 0 Å². The zero-order valence-corrected chi connectivity index (χ0v) is 12.3.